The molecule has 2 fully saturated rings. The molecule has 1 aromatic carbocycles. The van der Waals surface area contributed by atoms with E-state index >= 15 is 0 Å². The monoisotopic (exact) mass is 413 g/mol. The summed E-state index contributed by atoms with van der Waals surface area (Å²) in [6.07, 6.45) is 4.36. The van der Waals surface area contributed by atoms with Gasteiger partial charge < -0.3 is 5.32 Å². The second-order valence-electron chi connectivity index (χ2n) is 8.81. The molecule has 7 nitrogen and oxygen atoms in total. The summed E-state index contributed by atoms with van der Waals surface area (Å²) in [5.41, 5.74) is 2.71. The quantitative estimate of drug-likeness (QED) is 0.564. The molecule has 0 aromatic heterocycles. The molecule has 5 amide bonds. The maximum atomic E-state index is 12.8. The lowest BCUT2D eigenvalue weighted by atomic mass is 9.92. The van der Waals surface area contributed by atoms with Crippen molar-refractivity contribution in [2.45, 2.75) is 77.7 Å². The van der Waals surface area contributed by atoms with Crippen LogP contribution in [0.4, 0.5) is 10.5 Å². The number of carbonyl (C=O) groups excluding carboxylic acids is 4. The normalized spacial score (nSPS) is 18.1. The second kappa shape index (κ2) is 8.98. The molecular formula is C23H31N3O4. The van der Waals surface area contributed by atoms with E-state index in [0.29, 0.717) is 12.8 Å². The summed E-state index contributed by atoms with van der Waals surface area (Å²) in [6.45, 7) is 7.72. The number of nitrogens with one attached hydrogen (secondary N) is 1. The Morgan fingerprint density at radius 2 is 1.53 bits per heavy atom. The molecule has 2 aliphatic rings. The molecule has 1 saturated carbocycles. The molecule has 1 N–H and O–H groups in total. The highest BCUT2D eigenvalue weighted by atomic mass is 16.2. The van der Waals surface area contributed by atoms with Crippen LogP contribution in [0.1, 0.15) is 82.8 Å². The lowest BCUT2D eigenvalue weighted by Gasteiger charge is -2.28. The van der Waals surface area contributed by atoms with Crippen LogP contribution in [0.25, 0.3) is 0 Å². The highest BCUT2D eigenvalue weighted by molar-refractivity contribution is 6.45. The summed E-state index contributed by atoms with van der Waals surface area (Å²) in [6, 6.07) is 4.98. The van der Waals surface area contributed by atoms with Crippen LogP contribution >= 0.6 is 0 Å². The van der Waals surface area contributed by atoms with Gasteiger partial charge in [-0.25, -0.2) is 9.69 Å². The molecule has 1 heterocycles. The Balaban J connectivity index is 1.77. The molecule has 1 aromatic rings. The number of imide groups is 2. The van der Waals surface area contributed by atoms with Crippen molar-refractivity contribution in [3.05, 3.63) is 29.3 Å². The minimum absolute atomic E-state index is 0.192. The van der Waals surface area contributed by atoms with Gasteiger partial charge in [0.05, 0.1) is 0 Å². The Morgan fingerprint density at radius 1 is 0.967 bits per heavy atom. The van der Waals surface area contributed by atoms with E-state index in [2.05, 4.69) is 5.32 Å². The highest BCUT2D eigenvalue weighted by Crippen LogP contribution is 2.32. The molecule has 0 spiro atoms. The maximum absolute atomic E-state index is 12.8. The molecule has 1 aliphatic carbocycles. The van der Waals surface area contributed by atoms with Crippen molar-refractivity contribution in [3.8, 4) is 0 Å². The van der Waals surface area contributed by atoms with Crippen molar-refractivity contribution in [1.82, 2.24) is 9.80 Å². The molecule has 1 saturated heterocycles. The smallest absolute Gasteiger partial charge is 0.324 e. The van der Waals surface area contributed by atoms with Crippen molar-refractivity contribution in [2.24, 2.45) is 0 Å². The Bertz CT molecular complexity index is 830. The SMILES string of the molecule is CC(C)c1cccc(C(C)C)c1NC(=O)CN1C(=O)C(=O)N(C2CCCCC2)C1=O. The Morgan fingerprint density at radius 3 is 2.07 bits per heavy atom. The summed E-state index contributed by atoms with van der Waals surface area (Å²) in [5, 5.41) is 2.90. The summed E-state index contributed by atoms with van der Waals surface area (Å²) in [5.74, 6) is -1.83. The van der Waals surface area contributed by atoms with Gasteiger partial charge in [0.2, 0.25) is 5.91 Å². The third-order valence-electron chi connectivity index (χ3n) is 5.96. The Hall–Kier alpha value is -2.70. The van der Waals surface area contributed by atoms with Gasteiger partial charge in [-0.15, -0.1) is 0 Å². The number of anilines is 1. The van der Waals surface area contributed by atoms with E-state index < -0.39 is 30.3 Å². The molecule has 0 unspecified atom stereocenters. The molecule has 1 aliphatic heterocycles. The van der Waals surface area contributed by atoms with Crippen LogP contribution in [0.5, 0.6) is 0 Å². The molecule has 7 heteroatoms. The van der Waals surface area contributed by atoms with Crippen LogP contribution in [-0.4, -0.2) is 46.1 Å². The van der Waals surface area contributed by atoms with Crippen molar-refractivity contribution >= 4 is 29.4 Å². The van der Waals surface area contributed by atoms with E-state index in [0.717, 1.165) is 45.9 Å². The number of rotatable bonds is 6. The summed E-state index contributed by atoms with van der Waals surface area (Å²) in [4.78, 5) is 52.3. The van der Waals surface area contributed by atoms with Gasteiger partial charge in [0.1, 0.15) is 6.54 Å². The van der Waals surface area contributed by atoms with Gasteiger partial charge in [-0.1, -0.05) is 65.2 Å². The number of hydrogen-bond acceptors (Lipinski definition) is 4. The van der Waals surface area contributed by atoms with Gasteiger partial charge >= 0.3 is 17.8 Å². The van der Waals surface area contributed by atoms with E-state index in [1.165, 1.54) is 0 Å². The number of para-hydroxylation sites is 1. The van der Waals surface area contributed by atoms with E-state index in [-0.39, 0.29) is 17.9 Å². The summed E-state index contributed by atoms with van der Waals surface area (Å²) >= 11 is 0. The largest absolute Gasteiger partial charge is 0.334 e. The predicted molar refractivity (Wildman–Crippen MR) is 114 cm³/mol. The van der Waals surface area contributed by atoms with Crippen LogP contribution in [0.15, 0.2) is 18.2 Å². The molecule has 3 rings (SSSR count). The molecule has 162 valence electrons. The van der Waals surface area contributed by atoms with Crippen LogP contribution in [-0.2, 0) is 14.4 Å². The van der Waals surface area contributed by atoms with E-state index in [4.69, 9.17) is 0 Å². The van der Waals surface area contributed by atoms with E-state index in [1.54, 1.807) is 0 Å². The van der Waals surface area contributed by atoms with Crippen LogP contribution in [0.3, 0.4) is 0 Å². The lowest BCUT2D eigenvalue weighted by Crippen LogP contribution is -2.43. The molecule has 0 radical (unpaired) electrons. The average Bonchev–Trinajstić information content (AvgIpc) is 2.91. The average molecular weight is 414 g/mol. The summed E-state index contributed by atoms with van der Waals surface area (Å²) in [7, 11) is 0. The number of urea groups is 1. The van der Waals surface area contributed by atoms with Crippen molar-refractivity contribution < 1.29 is 19.2 Å². The van der Waals surface area contributed by atoms with Crippen LogP contribution in [0, 0.1) is 0 Å². The number of amides is 5. The number of nitrogens with zero attached hydrogens (tertiary/aromatic N) is 2. The zero-order valence-electron chi connectivity index (χ0n) is 18.2. The first-order valence-electron chi connectivity index (χ1n) is 10.8. The lowest BCUT2D eigenvalue weighted by molar-refractivity contribution is -0.144. The first-order chi connectivity index (χ1) is 14.2. The molecule has 0 atom stereocenters. The second-order valence-corrected chi connectivity index (χ2v) is 8.81. The maximum Gasteiger partial charge on any atom is 0.334 e. The minimum Gasteiger partial charge on any atom is -0.324 e. The third kappa shape index (κ3) is 4.25. The van der Waals surface area contributed by atoms with Crippen LogP contribution < -0.4 is 5.32 Å². The zero-order valence-corrected chi connectivity index (χ0v) is 18.2. The fourth-order valence-electron chi connectivity index (χ4n) is 4.34. The molecule has 0 bridgehead atoms. The topological polar surface area (TPSA) is 86.8 Å². The number of benzene rings is 1. The van der Waals surface area contributed by atoms with E-state index in [9.17, 15) is 19.2 Å². The van der Waals surface area contributed by atoms with Gasteiger partial charge in [0, 0.05) is 11.7 Å². The fourth-order valence-corrected chi connectivity index (χ4v) is 4.34. The first-order valence-corrected chi connectivity index (χ1v) is 10.8. The van der Waals surface area contributed by atoms with Crippen molar-refractivity contribution in [1.29, 1.82) is 0 Å². The van der Waals surface area contributed by atoms with Gasteiger partial charge in [-0.05, 0) is 35.8 Å². The van der Waals surface area contributed by atoms with E-state index in [1.807, 2.05) is 45.9 Å². The van der Waals surface area contributed by atoms with Gasteiger partial charge in [0.15, 0.2) is 0 Å². The van der Waals surface area contributed by atoms with Crippen molar-refractivity contribution in [2.75, 3.05) is 11.9 Å². The number of hydrogen-bond donors (Lipinski definition) is 1. The molecule has 30 heavy (non-hydrogen) atoms. The Kier molecular flexibility index (Phi) is 6.58. The minimum atomic E-state index is -0.915. The van der Waals surface area contributed by atoms with Gasteiger partial charge in [0.25, 0.3) is 0 Å². The first kappa shape index (κ1) is 22.0. The predicted octanol–water partition coefficient (Wildman–Crippen LogP) is 4.00. The van der Waals surface area contributed by atoms with Gasteiger partial charge in [-0.2, -0.15) is 0 Å². The standard InChI is InChI=1S/C23H31N3O4/c1-14(2)17-11-8-12-18(15(3)4)20(17)24-19(27)13-25-21(28)22(29)26(23(25)30)16-9-6-5-7-10-16/h8,11-12,14-16H,5-7,9-10,13H2,1-4H3,(H,24,27). The zero-order chi connectivity index (χ0) is 22.0. The molecular weight excluding hydrogens is 382 g/mol. The van der Waals surface area contributed by atoms with Gasteiger partial charge in [-0.3, -0.25) is 19.3 Å². The Labute approximate surface area is 177 Å². The van der Waals surface area contributed by atoms with Crippen molar-refractivity contribution in [3.63, 3.8) is 0 Å². The highest BCUT2D eigenvalue weighted by Gasteiger charge is 2.48. The number of carbonyl (C=O) groups is 4. The third-order valence-corrected chi connectivity index (χ3v) is 5.96. The summed E-state index contributed by atoms with van der Waals surface area (Å²) < 4.78 is 0. The van der Waals surface area contributed by atoms with Crippen LogP contribution in [0.2, 0.25) is 0 Å². The fraction of sp³-hybridized carbons (Fsp3) is 0.565.